The van der Waals surface area contributed by atoms with Crippen molar-refractivity contribution in [2.75, 3.05) is 6.61 Å². The van der Waals surface area contributed by atoms with E-state index < -0.39 is 10.4 Å². The van der Waals surface area contributed by atoms with Crippen LogP contribution in [-0.2, 0) is 10.4 Å². The van der Waals surface area contributed by atoms with Crippen LogP contribution in [-0.4, -0.2) is 29.2 Å². The summed E-state index contributed by atoms with van der Waals surface area (Å²) in [6.07, 6.45) is 17.7. The van der Waals surface area contributed by atoms with Gasteiger partial charge in [0.2, 0.25) is 0 Å². The predicted octanol–water partition coefficient (Wildman–Crippen LogP) is 5.05. The zero-order valence-corrected chi connectivity index (χ0v) is 15.9. The summed E-state index contributed by atoms with van der Waals surface area (Å²) in [5.74, 6) is 0.946. The molecule has 1 atom stereocenters. The lowest BCUT2D eigenvalue weighted by molar-refractivity contribution is 0.282. The molecule has 1 unspecified atom stereocenters. The first-order valence-electron chi connectivity index (χ1n) is 9.12. The Morgan fingerprint density at radius 3 is 1.43 bits per heavy atom. The van der Waals surface area contributed by atoms with E-state index in [0.29, 0.717) is 6.61 Å². The summed E-state index contributed by atoms with van der Waals surface area (Å²) in [6.45, 7) is 5.06. The third-order valence-electron chi connectivity index (χ3n) is 3.89. The van der Waals surface area contributed by atoms with E-state index in [1.165, 1.54) is 77.0 Å². The average Bonchev–Trinajstić information content (AvgIpc) is 2.43. The Labute approximate surface area is 143 Å². The molecule has 0 aliphatic rings. The molecule has 0 aromatic carbocycles. The van der Waals surface area contributed by atoms with Gasteiger partial charge < -0.3 is 5.11 Å². The smallest absolute Gasteiger partial charge is 0.394 e. The minimum Gasteiger partial charge on any atom is -0.396 e. The van der Waals surface area contributed by atoms with Gasteiger partial charge in [-0.1, -0.05) is 90.9 Å². The van der Waals surface area contributed by atoms with Crippen LogP contribution in [0.5, 0.6) is 0 Å². The van der Waals surface area contributed by atoms with E-state index in [1.54, 1.807) is 0 Å². The van der Waals surface area contributed by atoms with Crippen LogP contribution in [0.3, 0.4) is 0 Å². The van der Waals surface area contributed by atoms with E-state index >= 15 is 0 Å². The van der Waals surface area contributed by atoms with E-state index in [2.05, 4.69) is 13.8 Å². The summed E-state index contributed by atoms with van der Waals surface area (Å²) in [5.41, 5.74) is 0. The molecule has 0 fully saturated rings. The summed E-state index contributed by atoms with van der Waals surface area (Å²) < 4.78 is 31.6. The van der Waals surface area contributed by atoms with E-state index in [-0.39, 0.29) is 0 Å². The molecule has 0 bridgehead atoms. The maximum Gasteiger partial charge on any atom is 0.394 e. The van der Waals surface area contributed by atoms with Crippen LogP contribution >= 0.6 is 0 Å². The van der Waals surface area contributed by atoms with Crippen molar-refractivity contribution < 1.29 is 22.6 Å². The van der Waals surface area contributed by atoms with Gasteiger partial charge in [0, 0.05) is 6.61 Å². The van der Waals surface area contributed by atoms with Gasteiger partial charge in [-0.25, -0.2) is 0 Å². The Kier molecular flexibility index (Phi) is 19.8. The molecule has 0 radical (unpaired) electrons. The first-order chi connectivity index (χ1) is 10.8. The maximum absolute atomic E-state index is 8.74. The molecule has 142 valence electrons. The molecule has 23 heavy (non-hydrogen) atoms. The van der Waals surface area contributed by atoms with E-state index in [1.807, 2.05) is 0 Å². The van der Waals surface area contributed by atoms with Crippen LogP contribution in [0.15, 0.2) is 0 Å². The van der Waals surface area contributed by atoms with Gasteiger partial charge in [0.15, 0.2) is 0 Å². The fourth-order valence-corrected chi connectivity index (χ4v) is 2.66. The second-order valence-corrected chi connectivity index (χ2v) is 7.29. The van der Waals surface area contributed by atoms with Gasteiger partial charge in [-0.2, -0.15) is 8.42 Å². The van der Waals surface area contributed by atoms with Crippen LogP contribution in [0.25, 0.3) is 0 Å². The fourth-order valence-electron chi connectivity index (χ4n) is 2.66. The first-order valence-corrected chi connectivity index (χ1v) is 10.5. The van der Waals surface area contributed by atoms with E-state index in [4.69, 9.17) is 22.6 Å². The van der Waals surface area contributed by atoms with Gasteiger partial charge in [-0.3, -0.25) is 9.11 Å². The molecule has 6 heteroatoms. The summed E-state index contributed by atoms with van der Waals surface area (Å²) in [7, 11) is -4.67. The second-order valence-electron chi connectivity index (χ2n) is 6.39. The highest BCUT2D eigenvalue weighted by molar-refractivity contribution is 7.79. The van der Waals surface area contributed by atoms with Crippen molar-refractivity contribution in [2.45, 2.75) is 97.3 Å². The largest absolute Gasteiger partial charge is 0.396 e. The van der Waals surface area contributed by atoms with Crippen molar-refractivity contribution in [1.29, 1.82) is 0 Å². The third kappa shape index (κ3) is 34.3. The Morgan fingerprint density at radius 2 is 1.09 bits per heavy atom. The van der Waals surface area contributed by atoms with Crippen molar-refractivity contribution in [3.8, 4) is 0 Å². The third-order valence-corrected chi connectivity index (χ3v) is 3.89. The van der Waals surface area contributed by atoms with E-state index in [9.17, 15) is 0 Å². The van der Waals surface area contributed by atoms with Crippen LogP contribution in [0.4, 0.5) is 0 Å². The lowest BCUT2D eigenvalue weighted by Crippen LogP contribution is -1.93. The molecule has 0 aromatic rings. The van der Waals surface area contributed by atoms with Gasteiger partial charge in [0.25, 0.3) is 0 Å². The average molecular weight is 355 g/mol. The molecule has 0 rings (SSSR count). The molecule has 0 aliphatic heterocycles. The number of aliphatic hydroxyl groups excluding tert-OH is 1. The maximum atomic E-state index is 8.74. The van der Waals surface area contributed by atoms with E-state index in [0.717, 1.165) is 12.3 Å². The molecule has 0 heterocycles. The Bertz CT molecular complexity index is 309. The quantitative estimate of drug-likeness (QED) is 0.299. The summed E-state index contributed by atoms with van der Waals surface area (Å²) in [6, 6.07) is 0. The number of hydrogen-bond acceptors (Lipinski definition) is 3. The molecule has 0 saturated carbocycles. The Morgan fingerprint density at radius 1 is 0.739 bits per heavy atom. The SMILES string of the molecule is CCCC(C)CCCCCCCCCCCCO.O=S(=O)(O)O. The van der Waals surface area contributed by atoms with Crippen molar-refractivity contribution in [1.82, 2.24) is 0 Å². The molecule has 0 aromatic heterocycles. The van der Waals surface area contributed by atoms with Crippen molar-refractivity contribution in [3.05, 3.63) is 0 Å². The second kappa shape index (κ2) is 18.2. The zero-order chi connectivity index (χ0) is 18.0. The van der Waals surface area contributed by atoms with Crippen LogP contribution in [0.2, 0.25) is 0 Å². The van der Waals surface area contributed by atoms with Gasteiger partial charge in [-0.05, 0) is 12.3 Å². The van der Waals surface area contributed by atoms with Crippen LogP contribution in [0, 0.1) is 5.92 Å². The lowest BCUT2D eigenvalue weighted by Gasteiger charge is -2.09. The predicted molar refractivity (Wildman–Crippen MR) is 96.1 cm³/mol. The monoisotopic (exact) mass is 354 g/mol. The Balaban J connectivity index is 0. The number of aliphatic hydroxyl groups is 1. The molecule has 0 saturated heterocycles. The van der Waals surface area contributed by atoms with Gasteiger partial charge in [-0.15, -0.1) is 0 Å². The summed E-state index contributed by atoms with van der Waals surface area (Å²) in [5, 5.41) is 8.66. The number of rotatable bonds is 14. The molecule has 0 amide bonds. The molecule has 0 spiro atoms. The first kappa shape index (κ1) is 25.1. The van der Waals surface area contributed by atoms with Crippen molar-refractivity contribution in [2.24, 2.45) is 5.92 Å². The number of unbranched alkanes of at least 4 members (excludes halogenated alkanes) is 9. The summed E-state index contributed by atoms with van der Waals surface area (Å²) >= 11 is 0. The topological polar surface area (TPSA) is 94.8 Å². The molecular weight excluding hydrogens is 316 g/mol. The molecule has 5 nitrogen and oxygen atoms in total. The minimum atomic E-state index is -4.67. The van der Waals surface area contributed by atoms with Gasteiger partial charge in [0.05, 0.1) is 0 Å². The van der Waals surface area contributed by atoms with Crippen LogP contribution in [0.1, 0.15) is 97.3 Å². The van der Waals surface area contributed by atoms with Crippen LogP contribution < -0.4 is 0 Å². The van der Waals surface area contributed by atoms with Gasteiger partial charge >= 0.3 is 10.4 Å². The minimum absolute atomic E-state index is 0.371. The van der Waals surface area contributed by atoms with Gasteiger partial charge in [0.1, 0.15) is 0 Å². The normalized spacial score (nSPS) is 12.6. The molecule has 0 aliphatic carbocycles. The highest BCUT2D eigenvalue weighted by Gasteiger charge is 1.99. The standard InChI is InChI=1S/C17H36O.H2O4S/c1-3-14-17(2)15-12-10-8-6-4-5-7-9-11-13-16-18;1-5(2,3)4/h17-18H,3-16H2,1-2H3;(H2,1,2,3,4). The summed E-state index contributed by atoms with van der Waals surface area (Å²) in [4.78, 5) is 0. The Hall–Kier alpha value is -0.170. The molecular formula is C17H38O5S. The highest BCUT2D eigenvalue weighted by Crippen LogP contribution is 2.16. The lowest BCUT2D eigenvalue weighted by atomic mass is 9.98. The van der Waals surface area contributed by atoms with Crippen molar-refractivity contribution in [3.63, 3.8) is 0 Å². The zero-order valence-electron chi connectivity index (χ0n) is 15.0. The number of hydrogen-bond donors (Lipinski definition) is 3. The highest BCUT2D eigenvalue weighted by atomic mass is 32.3. The van der Waals surface area contributed by atoms with Crippen molar-refractivity contribution >= 4 is 10.4 Å². The fraction of sp³-hybridized carbons (Fsp3) is 1.00. The molecule has 3 N–H and O–H groups in total.